The van der Waals surface area contributed by atoms with Crippen molar-refractivity contribution in [1.82, 2.24) is 10.2 Å². The second kappa shape index (κ2) is 5.03. The molecule has 0 aromatic heterocycles. The Morgan fingerprint density at radius 3 is 2.71 bits per heavy atom. The van der Waals surface area contributed by atoms with Crippen LogP contribution >= 0.6 is 11.8 Å². The van der Waals surface area contributed by atoms with E-state index in [9.17, 15) is 4.79 Å². The lowest BCUT2D eigenvalue weighted by atomic mass is 10.2. The summed E-state index contributed by atoms with van der Waals surface area (Å²) in [5.74, 6) is 0.265. The van der Waals surface area contributed by atoms with Crippen LogP contribution in [0.1, 0.15) is 27.2 Å². The van der Waals surface area contributed by atoms with E-state index in [-0.39, 0.29) is 18.1 Å². The van der Waals surface area contributed by atoms with Gasteiger partial charge in [0.2, 0.25) is 5.91 Å². The maximum Gasteiger partial charge on any atom is 0.241 e. The van der Waals surface area contributed by atoms with Crippen molar-refractivity contribution in [1.29, 1.82) is 0 Å². The summed E-state index contributed by atoms with van der Waals surface area (Å²) in [5, 5.41) is 3.81. The molecule has 0 bridgehead atoms. The van der Waals surface area contributed by atoms with Crippen LogP contribution in [0.2, 0.25) is 0 Å². The number of hydrogen-bond donors (Lipinski definition) is 1. The standard InChI is InChI=1S/C10H20N2OS/c1-5-9-10(13)12(8(3)11-9)6-7(2)14-4/h7-9,11H,5-6H2,1-4H3. The predicted molar refractivity (Wildman–Crippen MR) is 61.4 cm³/mol. The minimum Gasteiger partial charge on any atom is -0.325 e. The van der Waals surface area contributed by atoms with Crippen molar-refractivity contribution in [3.05, 3.63) is 0 Å². The zero-order chi connectivity index (χ0) is 10.7. The van der Waals surface area contributed by atoms with E-state index < -0.39 is 0 Å². The van der Waals surface area contributed by atoms with Crippen molar-refractivity contribution in [3.63, 3.8) is 0 Å². The van der Waals surface area contributed by atoms with Gasteiger partial charge in [-0.1, -0.05) is 13.8 Å². The fourth-order valence-corrected chi connectivity index (χ4v) is 2.05. The van der Waals surface area contributed by atoms with E-state index in [1.54, 1.807) is 11.8 Å². The molecular weight excluding hydrogens is 196 g/mol. The van der Waals surface area contributed by atoms with Gasteiger partial charge in [0.25, 0.3) is 0 Å². The van der Waals surface area contributed by atoms with Gasteiger partial charge in [-0.25, -0.2) is 0 Å². The third kappa shape index (κ3) is 2.42. The van der Waals surface area contributed by atoms with Crippen LogP contribution in [0, 0.1) is 0 Å². The van der Waals surface area contributed by atoms with Gasteiger partial charge in [-0.05, 0) is 19.6 Å². The Morgan fingerprint density at radius 2 is 2.29 bits per heavy atom. The van der Waals surface area contributed by atoms with E-state index >= 15 is 0 Å². The Labute approximate surface area is 90.6 Å². The molecule has 1 heterocycles. The average molecular weight is 216 g/mol. The quantitative estimate of drug-likeness (QED) is 0.768. The van der Waals surface area contributed by atoms with E-state index in [4.69, 9.17) is 0 Å². The SMILES string of the molecule is CCC1NC(C)N(CC(C)SC)C1=O. The zero-order valence-corrected chi connectivity index (χ0v) is 10.2. The molecule has 1 aliphatic rings. The van der Waals surface area contributed by atoms with E-state index in [1.165, 1.54) is 0 Å². The van der Waals surface area contributed by atoms with Crippen LogP contribution in [0.15, 0.2) is 0 Å². The fraction of sp³-hybridized carbons (Fsp3) is 0.900. The van der Waals surface area contributed by atoms with Crippen molar-refractivity contribution in [2.45, 2.75) is 44.6 Å². The highest BCUT2D eigenvalue weighted by molar-refractivity contribution is 7.99. The first-order valence-electron chi connectivity index (χ1n) is 5.19. The summed E-state index contributed by atoms with van der Waals surface area (Å²) >= 11 is 1.80. The van der Waals surface area contributed by atoms with Gasteiger partial charge >= 0.3 is 0 Å². The molecule has 3 nitrogen and oxygen atoms in total. The van der Waals surface area contributed by atoms with Gasteiger partial charge in [0.15, 0.2) is 0 Å². The van der Waals surface area contributed by atoms with Crippen LogP contribution in [-0.4, -0.2) is 41.1 Å². The summed E-state index contributed by atoms with van der Waals surface area (Å²) in [4.78, 5) is 13.8. The van der Waals surface area contributed by atoms with E-state index in [1.807, 2.05) is 11.8 Å². The molecule has 1 fully saturated rings. The first kappa shape index (κ1) is 11.9. The molecule has 1 aliphatic heterocycles. The molecule has 0 spiro atoms. The molecule has 1 rings (SSSR count). The largest absolute Gasteiger partial charge is 0.325 e. The topological polar surface area (TPSA) is 32.3 Å². The molecule has 1 N–H and O–H groups in total. The van der Waals surface area contributed by atoms with Crippen LogP contribution in [-0.2, 0) is 4.79 Å². The lowest BCUT2D eigenvalue weighted by Gasteiger charge is -2.23. The Hall–Kier alpha value is -0.220. The number of nitrogens with one attached hydrogen (secondary N) is 1. The van der Waals surface area contributed by atoms with Crippen molar-refractivity contribution in [3.8, 4) is 0 Å². The molecule has 4 heteroatoms. The van der Waals surface area contributed by atoms with Crippen LogP contribution in [0.4, 0.5) is 0 Å². The van der Waals surface area contributed by atoms with Crippen molar-refractivity contribution in [2.24, 2.45) is 0 Å². The van der Waals surface area contributed by atoms with Gasteiger partial charge < -0.3 is 4.90 Å². The summed E-state index contributed by atoms with van der Waals surface area (Å²) in [6.45, 7) is 7.11. The number of carbonyl (C=O) groups is 1. The smallest absolute Gasteiger partial charge is 0.241 e. The molecule has 14 heavy (non-hydrogen) atoms. The molecular formula is C10H20N2OS. The van der Waals surface area contributed by atoms with Gasteiger partial charge in [0, 0.05) is 11.8 Å². The first-order chi connectivity index (χ1) is 6.60. The van der Waals surface area contributed by atoms with Crippen LogP contribution in [0.5, 0.6) is 0 Å². The number of amides is 1. The van der Waals surface area contributed by atoms with Crippen molar-refractivity contribution >= 4 is 17.7 Å². The molecule has 0 radical (unpaired) electrons. The summed E-state index contributed by atoms with van der Waals surface area (Å²) < 4.78 is 0. The maximum absolute atomic E-state index is 11.9. The molecule has 1 saturated heterocycles. The summed E-state index contributed by atoms with van der Waals surface area (Å²) in [7, 11) is 0. The number of nitrogens with zero attached hydrogens (tertiary/aromatic N) is 1. The number of carbonyl (C=O) groups excluding carboxylic acids is 1. The van der Waals surface area contributed by atoms with Crippen LogP contribution < -0.4 is 5.32 Å². The van der Waals surface area contributed by atoms with Crippen LogP contribution in [0.25, 0.3) is 0 Å². The summed E-state index contributed by atoms with van der Waals surface area (Å²) in [6.07, 6.45) is 3.16. The Balaban J connectivity index is 2.56. The third-order valence-corrected chi connectivity index (χ3v) is 3.71. The monoisotopic (exact) mass is 216 g/mol. The Morgan fingerprint density at radius 1 is 1.64 bits per heavy atom. The predicted octanol–water partition coefficient (Wildman–Crippen LogP) is 1.29. The zero-order valence-electron chi connectivity index (χ0n) is 9.41. The van der Waals surface area contributed by atoms with Crippen molar-refractivity contribution < 1.29 is 4.79 Å². The number of hydrogen-bond acceptors (Lipinski definition) is 3. The van der Waals surface area contributed by atoms with Crippen LogP contribution in [0.3, 0.4) is 0 Å². The maximum atomic E-state index is 11.9. The average Bonchev–Trinajstić information content (AvgIpc) is 2.44. The molecule has 1 amide bonds. The lowest BCUT2D eigenvalue weighted by molar-refractivity contribution is -0.129. The van der Waals surface area contributed by atoms with Gasteiger partial charge in [0.05, 0.1) is 12.2 Å². The number of thioether (sulfide) groups is 1. The van der Waals surface area contributed by atoms with E-state index in [0.29, 0.717) is 5.25 Å². The second-order valence-electron chi connectivity index (χ2n) is 3.84. The summed E-state index contributed by atoms with van der Waals surface area (Å²) in [5.41, 5.74) is 0. The molecule has 0 saturated carbocycles. The minimum absolute atomic E-state index is 0.0408. The lowest BCUT2D eigenvalue weighted by Crippen LogP contribution is -2.38. The van der Waals surface area contributed by atoms with E-state index in [2.05, 4.69) is 25.4 Å². The van der Waals surface area contributed by atoms with Gasteiger partial charge in [0.1, 0.15) is 0 Å². The molecule has 0 aromatic carbocycles. The van der Waals surface area contributed by atoms with Gasteiger partial charge in [-0.3, -0.25) is 10.1 Å². The fourth-order valence-electron chi connectivity index (χ4n) is 1.74. The van der Waals surface area contributed by atoms with Gasteiger partial charge in [-0.15, -0.1) is 0 Å². The molecule has 0 aromatic rings. The number of rotatable bonds is 4. The first-order valence-corrected chi connectivity index (χ1v) is 6.48. The minimum atomic E-state index is 0.0408. The highest BCUT2D eigenvalue weighted by Gasteiger charge is 2.35. The Bertz CT molecular complexity index is 210. The third-order valence-electron chi connectivity index (χ3n) is 2.76. The normalized spacial score (nSPS) is 29.7. The molecule has 82 valence electrons. The second-order valence-corrected chi connectivity index (χ2v) is 5.12. The molecule has 0 aliphatic carbocycles. The molecule has 3 unspecified atom stereocenters. The van der Waals surface area contributed by atoms with Crippen molar-refractivity contribution in [2.75, 3.05) is 12.8 Å². The van der Waals surface area contributed by atoms with E-state index in [0.717, 1.165) is 13.0 Å². The Kier molecular flexibility index (Phi) is 4.26. The highest BCUT2D eigenvalue weighted by atomic mass is 32.2. The molecule has 3 atom stereocenters. The highest BCUT2D eigenvalue weighted by Crippen LogP contribution is 2.16. The summed E-state index contributed by atoms with van der Waals surface area (Å²) in [6, 6.07) is 0.0408. The van der Waals surface area contributed by atoms with Gasteiger partial charge in [-0.2, -0.15) is 11.8 Å².